The van der Waals surface area contributed by atoms with Crippen LogP contribution >= 0.6 is 31.9 Å². The van der Waals surface area contributed by atoms with E-state index in [0.717, 1.165) is 11.1 Å². The second-order valence-corrected chi connectivity index (χ2v) is 10.2. The van der Waals surface area contributed by atoms with Crippen LogP contribution in [-0.4, -0.2) is 17.0 Å². The number of carbonyl (C=O) groups excluding carboxylic acids is 1. The van der Waals surface area contributed by atoms with Gasteiger partial charge >= 0.3 is 5.97 Å². The molecule has 0 aliphatic rings. The van der Waals surface area contributed by atoms with Crippen molar-refractivity contribution in [2.75, 3.05) is 5.32 Å². The molecule has 0 spiro atoms. The molecular weight excluding hydrogens is 640 g/mol. The number of hydrogen-bond donors (Lipinski definition) is 2. The van der Waals surface area contributed by atoms with E-state index in [-0.39, 0.29) is 17.7 Å². The normalized spacial score (nSPS) is 10.9. The Balaban J connectivity index is 1.38. The molecule has 40 heavy (non-hydrogen) atoms. The number of ether oxygens (including phenoxy) is 2. The average Bonchev–Trinajstić information content (AvgIpc) is 2.96. The van der Waals surface area contributed by atoms with Crippen molar-refractivity contribution in [1.82, 2.24) is 0 Å². The average molecular weight is 662 g/mol. The molecule has 2 N–H and O–H groups in total. The summed E-state index contributed by atoms with van der Waals surface area (Å²) in [5.41, 5.74) is 3.11. The molecule has 4 rings (SSSR count). The first-order valence-electron chi connectivity index (χ1n) is 12.0. The van der Waals surface area contributed by atoms with Gasteiger partial charge in [-0.3, -0.25) is 4.79 Å². The highest BCUT2D eigenvalue weighted by molar-refractivity contribution is 9.11. The number of carboxylic acids is 1. The van der Waals surface area contributed by atoms with Crippen LogP contribution in [0.4, 0.5) is 5.69 Å². The van der Waals surface area contributed by atoms with Gasteiger partial charge in [-0.1, -0.05) is 42.5 Å². The first-order valence-corrected chi connectivity index (χ1v) is 13.5. The predicted octanol–water partition coefficient (Wildman–Crippen LogP) is 7.61. The van der Waals surface area contributed by atoms with Gasteiger partial charge in [0, 0.05) is 5.69 Å². The molecule has 9 heteroatoms. The Hall–Kier alpha value is -4.39. The van der Waals surface area contributed by atoms with Crippen molar-refractivity contribution in [2.24, 2.45) is 0 Å². The molecule has 0 aromatic heterocycles. The number of nitrogens with one attached hydrogen (secondary N) is 1. The van der Waals surface area contributed by atoms with Crippen molar-refractivity contribution in [3.63, 3.8) is 0 Å². The Morgan fingerprint density at radius 3 is 2.05 bits per heavy atom. The summed E-state index contributed by atoms with van der Waals surface area (Å²) < 4.78 is 12.9. The summed E-state index contributed by atoms with van der Waals surface area (Å²) in [7, 11) is 0. The molecule has 0 saturated heterocycles. The Labute approximate surface area is 247 Å². The van der Waals surface area contributed by atoms with Crippen molar-refractivity contribution in [3.8, 4) is 17.6 Å². The van der Waals surface area contributed by atoms with Crippen LogP contribution in [0.5, 0.6) is 11.5 Å². The highest BCUT2D eigenvalue weighted by Crippen LogP contribution is 2.36. The molecule has 4 aromatic carbocycles. The quantitative estimate of drug-likeness (QED) is 0.134. The zero-order chi connectivity index (χ0) is 28.5. The van der Waals surface area contributed by atoms with Crippen LogP contribution in [0.1, 0.15) is 27.0 Å². The maximum atomic E-state index is 12.8. The van der Waals surface area contributed by atoms with Gasteiger partial charge in [-0.15, -0.1) is 0 Å². The zero-order valence-electron chi connectivity index (χ0n) is 20.9. The lowest BCUT2D eigenvalue weighted by Gasteiger charge is -2.12. The lowest BCUT2D eigenvalue weighted by molar-refractivity contribution is -0.112. The fourth-order valence-corrected chi connectivity index (χ4v) is 5.04. The molecule has 7 nitrogen and oxygen atoms in total. The van der Waals surface area contributed by atoms with Gasteiger partial charge in [-0.05, 0) is 103 Å². The Morgan fingerprint density at radius 2 is 1.45 bits per heavy atom. The summed E-state index contributed by atoms with van der Waals surface area (Å²) in [6.07, 6.45) is 1.48. The Bertz CT molecular complexity index is 1560. The summed E-state index contributed by atoms with van der Waals surface area (Å²) in [6.45, 7) is 0.650. The van der Waals surface area contributed by atoms with Gasteiger partial charge in [0.1, 0.15) is 36.4 Å². The SMILES string of the molecule is N#C/C(=C\c1cc(Br)c(OCc2ccc(C(=O)O)cc2)c(Br)c1)C(=O)Nc1ccc(OCc2ccccc2)cc1. The van der Waals surface area contributed by atoms with E-state index >= 15 is 0 Å². The molecule has 200 valence electrons. The standard InChI is InChI=1S/C31H22Br2N2O5/c32-27-15-22(16-28(33)29(27)40-19-21-6-8-23(9-7-21)31(37)38)14-24(17-34)30(36)35-25-10-12-26(13-11-25)39-18-20-4-2-1-3-5-20/h1-16H,18-19H2,(H,35,36)(H,37,38)/b24-14+. The van der Waals surface area contributed by atoms with Crippen LogP contribution in [0.2, 0.25) is 0 Å². The topological polar surface area (TPSA) is 109 Å². The molecule has 0 fully saturated rings. The fourth-order valence-electron chi connectivity index (χ4n) is 3.59. The number of anilines is 1. The van der Waals surface area contributed by atoms with Crippen LogP contribution in [0.3, 0.4) is 0 Å². The monoisotopic (exact) mass is 660 g/mol. The molecule has 0 radical (unpaired) electrons. The summed E-state index contributed by atoms with van der Waals surface area (Å²) in [4.78, 5) is 23.8. The van der Waals surface area contributed by atoms with Crippen LogP contribution in [-0.2, 0) is 18.0 Å². The smallest absolute Gasteiger partial charge is 0.335 e. The number of carbonyl (C=O) groups is 2. The lowest BCUT2D eigenvalue weighted by Crippen LogP contribution is -2.13. The van der Waals surface area contributed by atoms with Gasteiger partial charge in [-0.25, -0.2) is 4.79 Å². The van der Waals surface area contributed by atoms with Crippen LogP contribution in [0.15, 0.2) is 106 Å². The van der Waals surface area contributed by atoms with Crippen molar-refractivity contribution in [2.45, 2.75) is 13.2 Å². The molecule has 0 bridgehead atoms. The molecule has 0 heterocycles. The van der Waals surface area contributed by atoms with Gasteiger partial charge in [0.25, 0.3) is 5.91 Å². The molecule has 0 saturated carbocycles. The lowest BCUT2D eigenvalue weighted by atomic mass is 10.1. The van der Waals surface area contributed by atoms with Crippen molar-refractivity contribution in [3.05, 3.63) is 128 Å². The first kappa shape index (κ1) is 28.6. The van der Waals surface area contributed by atoms with Crippen LogP contribution in [0, 0.1) is 11.3 Å². The van der Waals surface area contributed by atoms with Crippen molar-refractivity contribution >= 4 is 55.5 Å². The van der Waals surface area contributed by atoms with E-state index in [0.29, 0.717) is 38.3 Å². The van der Waals surface area contributed by atoms with E-state index in [2.05, 4.69) is 37.2 Å². The second kappa shape index (κ2) is 13.6. The van der Waals surface area contributed by atoms with Gasteiger partial charge in [0.15, 0.2) is 0 Å². The molecule has 0 aliphatic carbocycles. The van der Waals surface area contributed by atoms with Gasteiger partial charge in [-0.2, -0.15) is 5.26 Å². The number of amides is 1. The minimum atomic E-state index is -0.992. The summed E-state index contributed by atoms with van der Waals surface area (Å²) in [5.74, 6) is -0.351. The van der Waals surface area contributed by atoms with E-state index in [1.807, 2.05) is 36.4 Å². The van der Waals surface area contributed by atoms with Gasteiger partial charge in [0.05, 0.1) is 14.5 Å². The number of halogens is 2. The molecule has 4 aromatic rings. The second-order valence-electron chi connectivity index (χ2n) is 8.53. The highest BCUT2D eigenvalue weighted by atomic mass is 79.9. The third-order valence-electron chi connectivity index (χ3n) is 5.64. The maximum Gasteiger partial charge on any atom is 0.335 e. The Morgan fingerprint density at radius 1 is 0.850 bits per heavy atom. The summed E-state index contributed by atoms with van der Waals surface area (Å²) in [6, 6.07) is 28.5. The van der Waals surface area contributed by atoms with Crippen molar-refractivity contribution in [1.29, 1.82) is 5.26 Å². The predicted molar refractivity (Wildman–Crippen MR) is 159 cm³/mol. The van der Waals surface area contributed by atoms with E-state index < -0.39 is 11.9 Å². The van der Waals surface area contributed by atoms with Gasteiger partial charge < -0.3 is 19.9 Å². The summed E-state index contributed by atoms with van der Waals surface area (Å²) in [5, 5.41) is 21.4. The number of rotatable bonds is 10. The molecule has 1 amide bonds. The van der Waals surface area contributed by atoms with E-state index in [1.54, 1.807) is 48.5 Å². The van der Waals surface area contributed by atoms with Gasteiger partial charge in [0.2, 0.25) is 0 Å². The number of aromatic carboxylic acids is 1. The van der Waals surface area contributed by atoms with E-state index in [1.165, 1.54) is 18.2 Å². The Kier molecular flexibility index (Phi) is 9.73. The number of benzene rings is 4. The van der Waals surface area contributed by atoms with Crippen LogP contribution in [0.25, 0.3) is 6.08 Å². The van der Waals surface area contributed by atoms with E-state index in [9.17, 15) is 14.9 Å². The number of nitrogens with zero attached hydrogens (tertiary/aromatic N) is 1. The molecule has 0 atom stereocenters. The molecule has 0 aliphatic heterocycles. The first-order chi connectivity index (χ1) is 19.3. The number of hydrogen-bond acceptors (Lipinski definition) is 5. The van der Waals surface area contributed by atoms with Crippen molar-refractivity contribution < 1.29 is 24.2 Å². The largest absolute Gasteiger partial charge is 0.489 e. The highest BCUT2D eigenvalue weighted by Gasteiger charge is 2.13. The number of carboxylic acid groups (broad SMARTS) is 1. The third kappa shape index (κ3) is 7.82. The van der Waals surface area contributed by atoms with E-state index in [4.69, 9.17) is 14.6 Å². The minimum Gasteiger partial charge on any atom is -0.489 e. The number of nitriles is 1. The molecule has 0 unspecified atom stereocenters. The molecular formula is C31H22Br2N2O5. The summed E-state index contributed by atoms with van der Waals surface area (Å²) >= 11 is 6.96. The maximum absolute atomic E-state index is 12.8. The van der Waals surface area contributed by atoms with Crippen LogP contribution < -0.4 is 14.8 Å². The zero-order valence-corrected chi connectivity index (χ0v) is 24.1. The minimum absolute atomic E-state index is 0.0737. The fraction of sp³-hybridized carbons (Fsp3) is 0.0645. The third-order valence-corrected chi connectivity index (χ3v) is 6.82.